The van der Waals surface area contributed by atoms with E-state index in [1.54, 1.807) is 4.31 Å². The Balaban J connectivity index is 1.61. The molecule has 0 amide bonds. The maximum Gasteiger partial charge on any atom is 0.214 e. The van der Waals surface area contributed by atoms with E-state index < -0.39 is 10.0 Å². The van der Waals surface area contributed by atoms with Gasteiger partial charge in [-0.2, -0.15) is 4.31 Å². The van der Waals surface area contributed by atoms with E-state index in [0.29, 0.717) is 25.4 Å². The lowest BCUT2D eigenvalue weighted by molar-refractivity contribution is 0.189. The number of rotatable bonds is 5. The van der Waals surface area contributed by atoms with E-state index in [4.69, 9.17) is 0 Å². The normalized spacial score (nSPS) is 22.1. The molecule has 1 saturated carbocycles. The van der Waals surface area contributed by atoms with E-state index in [-0.39, 0.29) is 11.8 Å². The first kappa shape index (κ1) is 12.1. The quantitative estimate of drug-likeness (QED) is 0.792. The summed E-state index contributed by atoms with van der Waals surface area (Å²) in [5.41, 5.74) is 1.06. The van der Waals surface area contributed by atoms with Crippen LogP contribution in [0.2, 0.25) is 0 Å². The molecule has 2 aliphatic rings. The van der Waals surface area contributed by atoms with Crippen molar-refractivity contribution in [2.45, 2.75) is 38.1 Å². The van der Waals surface area contributed by atoms with Gasteiger partial charge in [-0.05, 0) is 19.3 Å². The smallest absolute Gasteiger partial charge is 0.214 e. The van der Waals surface area contributed by atoms with Crippen LogP contribution in [0.25, 0.3) is 0 Å². The van der Waals surface area contributed by atoms with Gasteiger partial charge in [0.1, 0.15) is 0 Å². The molecule has 0 bridgehead atoms. The van der Waals surface area contributed by atoms with E-state index in [9.17, 15) is 8.42 Å². The topological polar surface area (TPSA) is 68.1 Å². The number of sulfonamides is 1. The molecular formula is C11H18N4O2S. The lowest BCUT2D eigenvalue weighted by atomic mass is 10.2. The molecule has 1 aliphatic carbocycles. The molecule has 18 heavy (non-hydrogen) atoms. The van der Waals surface area contributed by atoms with Gasteiger partial charge in [0.2, 0.25) is 10.0 Å². The lowest BCUT2D eigenvalue weighted by Gasteiger charge is -2.37. The van der Waals surface area contributed by atoms with Gasteiger partial charge in [0.15, 0.2) is 0 Å². The summed E-state index contributed by atoms with van der Waals surface area (Å²) in [6.45, 7) is 2.96. The minimum atomic E-state index is -3.04. The Morgan fingerprint density at radius 1 is 1.39 bits per heavy atom. The molecule has 3 rings (SSSR count). The van der Waals surface area contributed by atoms with Crippen molar-refractivity contribution in [1.29, 1.82) is 0 Å². The van der Waals surface area contributed by atoms with Gasteiger partial charge in [0.05, 0.1) is 17.5 Å². The van der Waals surface area contributed by atoms with E-state index in [1.165, 1.54) is 12.8 Å². The number of hydrogen-bond donors (Lipinski definition) is 0. The maximum absolute atomic E-state index is 11.8. The van der Waals surface area contributed by atoms with Crippen molar-refractivity contribution in [2.24, 2.45) is 0 Å². The number of aromatic nitrogens is 3. The van der Waals surface area contributed by atoms with Gasteiger partial charge in [-0.25, -0.2) is 13.1 Å². The highest BCUT2D eigenvalue weighted by Crippen LogP contribution is 2.39. The van der Waals surface area contributed by atoms with Gasteiger partial charge >= 0.3 is 0 Å². The molecule has 0 radical (unpaired) electrons. The zero-order valence-corrected chi connectivity index (χ0v) is 11.3. The molecule has 1 aromatic rings. The first-order chi connectivity index (χ1) is 8.60. The van der Waals surface area contributed by atoms with Crippen molar-refractivity contribution < 1.29 is 8.42 Å². The SMILES string of the molecule is CCCS(=O)(=O)N1CC(n2cc(C3CC3)nn2)C1. The second-order valence-electron chi connectivity index (χ2n) is 5.18. The summed E-state index contributed by atoms with van der Waals surface area (Å²) >= 11 is 0. The summed E-state index contributed by atoms with van der Waals surface area (Å²) in [5.74, 6) is 0.837. The lowest BCUT2D eigenvalue weighted by Crippen LogP contribution is -2.51. The summed E-state index contributed by atoms with van der Waals surface area (Å²) < 4.78 is 27.0. The third-order valence-corrected chi connectivity index (χ3v) is 5.59. The average Bonchev–Trinajstić information content (AvgIpc) is 2.97. The number of nitrogens with zero attached hydrogens (tertiary/aromatic N) is 4. The van der Waals surface area contributed by atoms with Crippen LogP contribution in [0.15, 0.2) is 6.20 Å². The van der Waals surface area contributed by atoms with Crippen molar-refractivity contribution in [3.63, 3.8) is 0 Å². The summed E-state index contributed by atoms with van der Waals surface area (Å²) in [7, 11) is -3.04. The third kappa shape index (κ3) is 2.16. The molecule has 0 aromatic carbocycles. The van der Waals surface area contributed by atoms with Gasteiger partial charge in [0.25, 0.3) is 0 Å². The van der Waals surface area contributed by atoms with Crippen molar-refractivity contribution in [1.82, 2.24) is 19.3 Å². The molecule has 2 fully saturated rings. The van der Waals surface area contributed by atoms with Crippen molar-refractivity contribution in [2.75, 3.05) is 18.8 Å². The van der Waals surface area contributed by atoms with Crippen LogP contribution < -0.4 is 0 Å². The van der Waals surface area contributed by atoms with Crippen LogP contribution in [0.3, 0.4) is 0 Å². The molecule has 1 aliphatic heterocycles. The first-order valence-electron chi connectivity index (χ1n) is 6.49. The molecule has 0 unspecified atom stereocenters. The van der Waals surface area contributed by atoms with Crippen molar-refractivity contribution in [3.8, 4) is 0 Å². The Morgan fingerprint density at radius 2 is 2.11 bits per heavy atom. The van der Waals surface area contributed by atoms with Crippen LogP contribution in [-0.4, -0.2) is 46.6 Å². The monoisotopic (exact) mass is 270 g/mol. The fourth-order valence-corrected chi connectivity index (χ4v) is 3.81. The zero-order valence-electron chi connectivity index (χ0n) is 10.5. The van der Waals surface area contributed by atoms with Gasteiger partial charge in [-0.15, -0.1) is 5.10 Å². The Kier molecular flexibility index (Phi) is 2.90. The average molecular weight is 270 g/mol. The van der Waals surface area contributed by atoms with Gasteiger partial charge < -0.3 is 0 Å². The second kappa shape index (κ2) is 4.31. The minimum absolute atomic E-state index is 0.164. The Morgan fingerprint density at radius 3 is 2.72 bits per heavy atom. The van der Waals surface area contributed by atoms with E-state index in [0.717, 1.165) is 5.69 Å². The summed E-state index contributed by atoms with van der Waals surface area (Å²) in [4.78, 5) is 0. The molecule has 6 nitrogen and oxygen atoms in total. The Hall–Kier alpha value is -0.950. The van der Waals surface area contributed by atoms with Crippen LogP contribution >= 0.6 is 0 Å². The Labute approximate surface area is 107 Å². The molecule has 1 saturated heterocycles. The molecule has 0 N–H and O–H groups in total. The predicted octanol–water partition coefficient (Wildman–Crippen LogP) is 0.752. The highest BCUT2D eigenvalue weighted by Gasteiger charge is 2.37. The highest BCUT2D eigenvalue weighted by atomic mass is 32.2. The van der Waals surface area contributed by atoms with Crippen molar-refractivity contribution >= 4 is 10.0 Å². The standard InChI is InChI=1S/C11H18N4O2S/c1-2-5-18(16,17)14-6-10(7-14)15-8-11(12-13-15)9-3-4-9/h8-10H,2-7H2,1H3. The first-order valence-corrected chi connectivity index (χ1v) is 8.10. The molecule has 2 heterocycles. The summed E-state index contributed by atoms with van der Waals surface area (Å²) in [5, 5.41) is 8.26. The summed E-state index contributed by atoms with van der Waals surface area (Å²) in [6.07, 6.45) is 5.06. The molecular weight excluding hydrogens is 252 g/mol. The van der Waals surface area contributed by atoms with E-state index >= 15 is 0 Å². The summed E-state index contributed by atoms with van der Waals surface area (Å²) in [6, 6.07) is 0.164. The molecule has 0 spiro atoms. The molecule has 1 aromatic heterocycles. The maximum atomic E-state index is 11.8. The third-order valence-electron chi connectivity index (χ3n) is 3.58. The largest absolute Gasteiger partial charge is 0.247 e. The zero-order chi connectivity index (χ0) is 12.8. The number of hydrogen-bond acceptors (Lipinski definition) is 4. The van der Waals surface area contributed by atoms with E-state index in [1.807, 2.05) is 17.8 Å². The fraction of sp³-hybridized carbons (Fsp3) is 0.818. The van der Waals surface area contributed by atoms with Gasteiger partial charge in [0, 0.05) is 25.2 Å². The van der Waals surface area contributed by atoms with Crippen LogP contribution in [0, 0.1) is 0 Å². The van der Waals surface area contributed by atoms with Crippen LogP contribution in [-0.2, 0) is 10.0 Å². The Bertz CT molecular complexity index is 529. The van der Waals surface area contributed by atoms with E-state index in [2.05, 4.69) is 10.3 Å². The van der Waals surface area contributed by atoms with Crippen LogP contribution in [0.5, 0.6) is 0 Å². The van der Waals surface area contributed by atoms with Gasteiger partial charge in [-0.3, -0.25) is 0 Å². The minimum Gasteiger partial charge on any atom is -0.247 e. The molecule has 0 atom stereocenters. The fourth-order valence-electron chi connectivity index (χ4n) is 2.23. The van der Waals surface area contributed by atoms with Gasteiger partial charge in [-0.1, -0.05) is 12.1 Å². The molecule has 100 valence electrons. The second-order valence-corrected chi connectivity index (χ2v) is 7.27. The highest BCUT2D eigenvalue weighted by molar-refractivity contribution is 7.89. The van der Waals surface area contributed by atoms with Crippen LogP contribution in [0.1, 0.15) is 43.8 Å². The predicted molar refractivity (Wildman–Crippen MR) is 66.7 cm³/mol. The van der Waals surface area contributed by atoms with Crippen molar-refractivity contribution in [3.05, 3.63) is 11.9 Å². The van der Waals surface area contributed by atoms with Crippen LogP contribution in [0.4, 0.5) is 0 Å². The molecule has 7 heteroatoms.